The average Bonchev–Trinajstić information content (AvgIpc) is 2.41. The normalized spacial score (nSPS) is 11.7. The second-order valence-corrected chi connectivity index (χ2v) is 7.09. The van der Waals surface area contributed by atoms with Crippen LogP contribution in [0.3, 0.4) is 0 Å². The van der Waals surface area contributed by atoms with Gasteiger partial charge in [-0.05, 0) is 34.5 Å². The Morgan fingerprint density at radius 2 is 2.10 bits per heavy atom. The van der Waals surface area contributed by atoms with Crippen molar-refractivity contribution < 1.29 is 17.6 Å². The van der Waals surface area contributed by atoms with Crippen molar-refractivity contribution in [1.82, 2.24) is 9.62 Å². The summed E-state index contributed by atoms with van der Waals surface area (Å²) in [6.45, 7) is 1.48. The molecule has 0 heterocycles. The predicted octanol–water partition coefficient (Wildman–Crippen LogP) is 1.32. The van der Waals surface area contributed by atoms with E-state index in [1.807, 2.05) is 0 Å². The Morgan fingerprint density at radius 3 is 2.62 bits per heavy atom. The van der Waals surface area contributed by atoms with E-state index in [4.69, 9.17) is 5.73 Å². The first-order valence-electron chi connectivity index (χ1n) is 6.19. The van der Waals surface area contributed by atoms with Crippen LogP contribution in [0.25, 0.3) is 0 Å². The van der Waals surface area contributed by atoms with Crippen molar-refractivity contribution in [1.29, 1.82) is 0 Å². The van der Waals surface area contributed by atoms with E-state index < -0.39 is 26.6 Å². The lowest BCUT2D eigenvalue weighted by Gasteiger charge is -2.21. The van der Waals surface area contributed by atoms with Crippen LogP contribution in [-0.2, 0) is 14.8 Å². The number of benzene rings is 1. The SMILES string of the molecule is CCCN(CC(=O)NC)S(=O)(=O)c1cc(N)cc(Br)c1F. The van der Waals surface area contributed by atoms with Crippen molar-refractivity contribution in [3.63, 3.8) is 0 Å². The molecule has 0 unspecified atom stereocenters. The van der Waals surface area contributed by atoms with Gasteiger partial charge in [-0.2, -0.15) is 4.31 Å². The van der Waals surface area contributed by atoms with E-state index in [1.54, 1.807) is 6.92 Å². The second-order valence-electron chi connectivity index (χ2n) is 4.33. The molecule has 0 aromatic heterocycles. The zero-order valence-electron chi connectivity index (χ0n) is 11.7. The Hall–Kier alpha value is -1.19. The number of anilines is 1. The van der Waals surface area contributed by atoms with Crippen molar-refractivity contribution in [2.75, 3.05) is 25.9 Å². The summed E-state index contributed by atoms with van der Waals surface area (Å²) in [4.78, 5) is 10.9. The molecule has 6 nitrogen and oxygen atoms in total. The molecule has 1 amide bonds. The molecule has 1 aromatic carbocycles. The second kappa shape index (κ2) is 7.19. The van der Waals surface area contributed by atoms with Gasteiger partial charge in [-0.25, -0.2) is 12.8 Å². The number of carbonyl (C=O) groups excluding carboxylic acids is 1. The Bertz CT molecular complexity index is 637. The lowest BCUT2D eigenvalue weighted by atomic mass is 10.3. The Balaban J connectivity index is 3.32. The topological polar surface area (TPSA) is 92.5 Å². The summed E-state index contributed by atoms with van der Waals surface area (Å²) in [5.41, 5.74) is 5.68. The van der Waals surface area contributed by atoms with E-state index in [-0.39, 0.29) is 23.2 Å². The van der Waals surface area contributed by atoms with Gasteiger partial charge in [0.05, 0.1) is 11.0 Å². The minimum Gasteiger partial charge on any atom is -0.399 e. The van der Waals surface area contributed by atoms with E-state index in [9.17, 15) is 17.6 Å². The quantitative estimate of drug-likeness (QED) is 0.726. The molecule has 0 atom stereocenters. The maximum Gasteiger partial charge on any atom is 0.246 e. The molecule has 0 saturated heterocycles. The highest BCUT2D eigenvalue weighted by molar-refractivity contribution is 9.10. The maximum absolute atomic E-state index is 14.1. The number of nitrogens with two attached hydrogens (primary N) is 1. The Labute approximate surface area is 131 Å². The molecule has 0 fully saturated rings. The van der Waals surface area contributed by atoms with E-state index in [1.165, 1.54) is 13.1 Å². The van der Waals surface area contributed by atoms with Gasteiger partial charge in [-0.3, -0.25) is 4.79 Å². The number of sulfonamides is 1. The Kier molecular flexibility index (Phi) is 6.11. The summed E-state index contributed by atoms with van der Waals surface area (Å²) >= 11 is 2.92. The van der Waals surface area contributed by atoms with E-state index >= 15 is 0 Å². The first kappa shape index (κ1) is 17.9. The molecule has 0 spiro atoms. The molecule has 0 bridgehead atoms. The Morgan fingerprint density at radius 1 is 1.48 bits per heavy atom. The van der Waals surface area contributed by atoms with Gasteiger partial charge in [0.25, 0.3) is 0 Å². The number of hydrogen-bond acceptors (Lipinski definition) is 4. The van der Waals surface area contributed by atoms with Gasteiger partial charge >= 0.3 is 0 Å². The third-order valence-corrected chi connectivity index (χ3v) is 5.13. The maximum atomic E-state index is 14.1. The van der Waals surface area contributed by atoms with Gasteiger partial charge in [0.1, 0.15) is 4.90 Å². The lowest BCUT2D eigenvalue weighted by Crippen LogP contribution is -2.40. The number of nitrogens with one attached hydrogen (secondary N) is 1. The fourth-order valence-electron chi connectivity index (χ4n) is 1.68. The van der Waals surface area contributed by atoms with Crippen LogP contribution in [-0.4, -0.2) is 38.8 Å². The number of carbonyl (C=O) groups is 1. The molecule has 0 aliphatic heterocycles. The average molecular weight is 382 g/mol. The standard InChI is InChI=1S/C12H17BrFN3O3S/c1-3-4-17(7-11(18)16-2)21(19,20)10-6-8(15)5-9(13)12(10)14/h5-6H,3-4,7,15H2,1-2H3,(H,16,18). The van der Waals surface area contributed by atoms with Crippen LogP contribution in [0.5, 0.6) is 0 Å². The van der Waals surface area contributed by atoms with Crippen LogP contribution in [0.15, 0.2) is 21.5 Å². The first-order valence-corrected chi connectivity index (χ1v) is 8.42. The third kappa shape index (κ3) is 4.14. The van der Waals surface area contributed by atoms with Gasteiger partial charge < -0.3 is 11.1 Å². The predicted molar refractivity (Wildman–Crippen MR) is 81.6 cm³/mol. The summed E-state index contributed by atoms with van der Waals surface area (Å²) in [6.07, 6.45) is 0.487. The van der Waals surface area contributed by atoms with Crippen LogP contribution < -0.4 is 11.1 Å². The number of hydrogen-bond donors (Lipinski definition) is 2. The van der Waals surface area contributed by atoms with E-state index in [2.05, 4.69) is 21.2 Å². The monoisotopic (exact) mass is 381 g/mol. The van der Waals surface area contributed by atoms with Crippen LogP contribution >= 0.6 is 15.9 Å². The first-order chi connectivity index (χ1) is 9.73. The minimum absolute atomic E-state index is 0.0440. The number of nitrogens with zero attached hydrogens (tertiary/aromatic N) is 1. The zero-order chi connectivity index (χ0) is 16.2. The number of likely N-dealkylation sites (N-methyl/N-ethyl adjacent to an activating group) is 1. The fraction of sp³-hybridized carbons (Fsp3) is 0.417. The van der Waals surface area contributed by atoms with Crippen molar-refractivity contribution in [3.05, 3.63) is 22.4 Å². The smallest absolute Gasteiger partial charge is 0.246 e. The number of amides is 1. The molecule has 0 aliphatic carbocycles. The lowest BCUT2D eigenvalue weighted by molar-refractivity contribution is -0.120. The fourth-order valence-corrected chi connectivity index (χ4v) is 3.90. The molecule has 1 rings (SSSR count). The van der Waals surface area contributed by atoms with Crippen molar-refractivity contribution in [2.24, 2.45) is 0 Å². The summed E-state index contributed by atoms with van der Waals surface area (Å²) in [7, 11) is -2.76. The largest absolute Gasteiger partial charge is 0.399 e. The van der Waals surface area contributed by atoms with Crippen molar-refractivity contribution >= 4 is 37.5 Å². The highest BCUT2D eigenvalue weighted by Crippen LogP contribution is 2.28. The van der Waals surface area contributed by atoms with Gasteiger partial charge in [0.2, 0.25) is 15.9 Å². The molecule has 0 aliphatic rings. The summed E-state index contributed by atoms with van der Waals surface area (Å²) in [5.74, 6) is -1.40. The zero-order valence-corrected chi connectivity index (χ0v) is 14.1. The molecule has 3 N–H and O–H groups in total. The van der Waals surface area contributed by atoms with Gasteiger partial charge in [0, 0.05) is 19.3 Å². The van der Waals surface area contributed by atoms with Gasteiger partial charge in [-0.1, -0.05) is 6.92 Å². The van der Waals surface area contributed by atoms with Crippen LogP contribution in [0, 0.1) is 5.82 Å². The third-order valence-electron chi connectivity index (χ3n) is 2.71. The van der Waals surface area contributed by atoms with Gasteiger partial charge in [-0.15, -0.1) is 0 Å². The highest BCUT2D eigenvalue weighted by atomic mass is 79.9. The summed E-state index contributed by atoms with van der Waals surface area (Å²) in [6, 6.07) is 2.32. The van der Waals surface area contributed by atoms with Crippen LogP contribution in [0.4, 0.5) is 10.1 Å². The summed E-state index contributed by atoms with van der Waals surface area (Å²) < 4.78 is 40.0. The van der Waals surface area contributed by atoms with E-state index in [0.29, 0.717) is 6.42 Å². The summed E-state index contributed by atoms with van der Waals surface area (Å²) in [5, 5.41) is 2.34. The van der Waals surface area contributed by atoms with Crippen LogP contribution in [0.1, 0.15) is 13.3 Å². The number of halogens is 2. The molecule has 21 heavy (non-hydrogen) atoms. The molecule has 118 valence electrons. The minimum atomic E-state index is -4.16. The molecule has 9 heteroatoms. The van der Waals surface area contributed by atoms with Crippen molar-refractivity contribution in [2.45, 2.75) is 18.2 Å². The van der Waals surface area contributed by atoms with Gasteiger partial charge in [0.15, 0.2) is 5.82 Å². The van der Waals surface area contributed by atoms with E-state index in [0.717, 1.165) is 10.4 Å². The van der Waals surface area contributed by atoms with Crippen molar-refractivity contribution in [3.8, 4) is 0 Å². The molecule has 0 saturated carbocycles. The molecular weight excluding hydrogens is 365 g/mol. The number of nitrogen functional groups attached to an aromatic ring is 1. The molecule has 0 radical (unpaired) electrons. The highest BCUT2D eigenvalue weighted by Gasteiger charge is 2.29. The number of rotatable bonds is 6. The molecule has 1 aromatic rings. The van der Waals surface area contributed by atoms with Crippen LogP contribution in [0.2, 0.25) is 0 Å². The molecular formula is C12H17BrFN3O3S.